The van der Waals surface area contributed by atoms with Crippen molar-refractivity contribution in [1.82, 2.24) is 0 Å². The third-order valence-electron chi connectivity index (χ3n) is 6.72. The zero-order valence-electron chi connectivity index (χ0n) is 21.5. The Morgan fingerprint density at radius 1 is 0.677 bits per heavy atom. The summed E-state index contributed by atoms with van der Waals surface area (Å²) in [5.74, 6) is 0. The van der Waals surface area contributed by atoms with E-state index in [1.54, 1.807) is 0 Å². The van der Waals surface area contributed by atoms with Crippen molar-refractivity contribution in [2.45, 2.75) is 129 Å². The number of nitrogens with zero attached hydrogens (tertiary/aromatic N) is 1. The zero-order valence-corrected chi connectivity index (χ0v) is 21.5. The first kappa shape index (κ1) is 28.2. The highest BCUT2D eigenvalue weighted by molar-refractivity contribution is 5.28. The number of aliphatic hydroxyl groups is 1. The van der Waals surface area contributed by atoms with Crippen molar-refractivity contribution in [2.75, 3.05) is 20.6 Å². The molecule has 0 aromatic heterocycles. The predicted molar refractivity (Wildman–Crippen MR) is 137 cm³/mol. The lowest BCUT2D eigenvalue weighted by atomic mass is 10.0. The molecule has 1 aromatic carbocycles. The molecular formula is C29H54NO+. The molecule has 0 saturated heterocycles. The Hall–Kier alpha value is -0.860. The molecule has 0 radical (unpaired) electrons. The number of quaternary nitrogens is 1. The van der Waals surface area contributed by atoms with E-state index >= 15 is 0 Å². The Labute approximate surface area is 195 Å². The van der Waals surface area contributed by atoms with Crippen LogP contribution >= 0.6 is 0 Å². The van der Waals surface area contributed by atoms with Gasteiger partial charge in [0.1, 0.15) is 6.54 Å². The van der Waals surface area contributed by atoms with Crippen LogP contribution in [0.4, 0.5) is 0 Å². The molecule has 31 heavy (non-hydrogen) atoms. The molecule has 0 aliphatic carbocycles. The van der Waals surface area contributed by atoms with E-state index in [4.69, 9.17) is 0 Å². The fourth-order valence-electron chi connectivity index (χ4n) is 4.71. The minimum atomic E-state index is -0.383. The van der Waals surface area contributed by atoms with Crippen LogP contribution in [0.1, 0.15) is 134 Å². The van der Waals surface area contributed by atoms with Crippen molar-refractivity contribution in [3.05, 3.63) is 35.4 Å². The van der Waals surface area contributed by atoms with Gasteiger partial charge in [-0.3, -0.25) is 0 Å². The molecule has 0 heterocycles. The van der Waals surface area contributed by atoms with Crippen LogP contribution in [-0.4, -0.2) is 30.2 Å². The van der Waals surface area contributed by atoms with Crippen molar-refractivity contribution in [3.63, 3.8) is 0 Å². The van der Waals surface area contributed by atoms with Crippen LogP contribution in [0, 0.1) is 0 Å². The maximum Gasteiger partial charge on any atom is 0.104 e. The maximum atomic E-state index is 10.0. The number of rotatable bonds is 20. The predicted octanol–water partition coefficient (Wildman–Crippen LogP) is 8.58. The van der Waals surface area contributed by atoms with Gasteiger partial charge in [0.25, 0.3) is 0 Å². The van der Waals surface area contributed by atoms with E-state index in [1.165, 1.54) is 115 Å². The molecule has 1 N–H and O–H groups in total. The van der Waals surface area contributed by atoms with E-state index in [-0.39, 0.29) is 6.10 Å². The zero-order chi connectivity index (χ0) is 22.8. The smallest absolute Gasteiger partial charge is 0.104 e. The van der Waals surface area contributed by atoms with Gasteiger partial charge in [0.15, 0.2) is 0 Å². The van der Waals surface area contributed by atoms with Gasteiger partial charge in [0.05, 0.1) is 26.7 Å². The highest BCUT2D eigenvalue weighted by Crippen LogP contribution is 2.21. The van der Waals surface area contributed by atoms with Gasteiger partial charge in [-0.1, -0.05) is 121 Å². The summed E-state index contributed by atoms with van der Waals surface area (Å²) in [6.45, 7) is 6.38. The number of aliphatic hydroxyl groups excluding tert-OH is 1. The van der Waals surface area contributed by atoms with Gasteiger partial charge in [-0.15, -0.1) is 0 Å². The average Bonchev–Trinajstić information content (AvgIpc) is 2.73. The van der Waals surface area contributed by atoms with Crippen LogP contribution < -0.4 is 0 Å². The second-order valence-corrected chi connectivity index (χ2v) is 10.5. The van der Waals surface area contributed by atoms with Crippen LogP contribution in [0.15, 0.2) is 24.3 Å². The molecule has 2 nitrogen and oxygen atoms in total. The molecule has 1 atom stereocenters. The Morgan fingerprint density at radius 3 is 1.55 bits per heavy atom. The quantitative estimate of drug-likeness (QED) is 0.161. The van der Waals surface area contributed by atoms with Crippen LogP contribution in [0.25, 0.3) is 0 Å². The Bertz CT molecular complexity index is 537. The molecule has 1 rings (SSSR count). The first-order valence-corrected chi connectivity index (χ1v) is 13.5. The van der Waals surface area contributed by atoms with E-state index in [0.717, 1.165) is 16.6 Å². The largest absolute Gasteiger partial charge is 0.389 e. The molecule has 1 unspecified atom stereocenters. The Kier molecular flexibility index (Phi) is 16.1. The molecule has 0 spiro atoms. The third kappa shape index (κ3) is 14.8. The van der Waals surface area contributed by atoms with Crippen molar-refractivity contribution in [1.29, 1.82) is 0 Å². The molecule has 0 fully saturated rings. The van der Waals surface area contributed by atoms with E-state index in [2.05, 4.69) is 39.2 Å². The normalized spacial score (nSPS) is 12.9. The number of unbranched alkanes of at least 4 members (excludes halogenated alkanes) is 15. The summed E-state index contributed by atoms with van der Waals surface area (Å²) < 4.78 is 1.00. The number of hydrogen-bond donors (Lipinski definition) is 1. The maximum absolute atomic E-state index is 10.0. The monoisotopic (exact) mass is 432 g/mol. The van der Waals surface area contributed by atoms with Gasteiger partial charge in [0.2, 0.25) is 0 Å². The Balaban J connectivity index is 1.97. The summed E-state index contributed by atoms with van der Waals surface area (Å²) in [5, 5.41) is 10.0. The fraction of sp³-hybridized carbons (Fsp3) is 0.793. The lowest BCUT2D eigenvalue weighted by molar-refractivity contribution is -0.903. The molecule has 0 saturated carbocycles. The third-order valence-corrected chi connectivity index (χ3v) is 6.72. The van der Waals surface area contributed by atoms with Crippen molar-refractivity contribution < 1.29 is 9.59 Å². The molecular weight excluding hydrogens is 378 g/mol. The highest BCUT2D eigenvalue weighted by Gasteiger charge is 2.18. The lowest BCUT2D eigenvalue weighted by Gasteiger charge is -2.31. The molecule has 0 aliphatic rings. The topological polar surface area (TPSA) is 20.2 Å². The van der Waals surface area contributed by atoms with Gasteiger partial charge in [-0.2, -0.15) is 0 Å². The molecule has 0 amide bonds. The summed E-state index contributed by atoms with van der Waals surface area (Å²) in [6, 6.07) is 8.36. The summed E-state index contributed by atoms with van der Waals surface area (Å²) in [7, 11) is 4.65. The molecule has 0 bridgehead atoms. The van der Waals surface area contributed by atoms with E-state index in [1.807, 2.05) is 13.0 Å². The second kappa shape index (κ2) is 17.7. The van der Waals surface area contributed by atoms with Crippen molar-refractivity contribution >= 4 is 0 Å². The first-order chi connectivity index (χ1) is 15.0. The fourth-order valence-corrected chi connectivity index (χ4v) is 4.71. The minimum absolute atomic E-state index is 0.383. The first-order valence-electron chi connectivity index (χ1n) is 13.5. The SMILES string of the molecule is CCCCCCCCCCCCCCCCCC[N+](C)(C)Cc1ccccc1C(C)O. The summed E-state index contributed by atoms with van der Waals surface area (Å²) in [5.41, 5.74) is 2.37. The van der Waals surface area contributed by atoms with Crippen LogP contribution in [0.2, 0.25) is 0 Å². The average molecular weight is 433 g/mol. The van der Waals surface area contributed by atoms with Crippen molar-refractivity contribution in [2.24, 2.45) is 0 Å². The number of benzene rings is 1. The molecule has 2 heteroatoms. The van der Waals surface area contributed by atoms with Crippen LogP contribution in [0.3, 0.4) is 0 Å². The standard InChI is InChI=1S/C29H54NO/c1-5-6-7-8-9-10-11-12-13-14-15-16-17-18-19-22-25-30(3,4)26-28-23-20-21-24-29(28)27(2)31/h20-21,23-24,27,31H,5-19,22,25-26H2,1-4H3/q+1. The van der Waals surface area contributed by atoms with Gasteiger partial charge in [0, 0.05) is 5.56 Å². The lowest BCUT2D eigenvalue weighted by Crippen LogP contribution is -2.39. The van der Waals surface area contributed by atoms with E-state index in [9.17, 15) is 5.11 Å². The summed E-state index contributed by atoms with van der Waals surface area (Å²) >= 11 is 0. The summed E-state index contributed by atoms with van der Waals surface area (Å²) in [4.78, 5) is 0. The van der Waals surface area contributed by atoms with Gasteiger partial charge in [-0.25, -0.2) is 0 Å². The number of hydrogen-bond acceptors (Lipinski definition) is 1. The second-order valence-electron chi connectivity index (χ2n) is 10.5. The highest BCUT2D eigenvalue weighted by atomic mass is 16.3. The minimum Gasteiger partial charge on any atom is -0.389 e. The summed E-state index contributed by atoms with van der Waals surface area (Å²) in [6.07, 6.45) is 22.4. The van der Waals surface area contributed by atoms with Crippen molar-refractivity contribution in [3.8, 4) is 0 Å². The van der Waals surface area contributed by atoms with Crippen LogP contribution in [0.5, 0.6) is 0 Å². The molecule has 1 aromatic rings. The van der Waals surface area contributed by atoms with Gasteiger partial charge < -0.3 is 9.59 Å². The van der Waals surface area contributed by atoms with E-state index < -0.39 is 0 Å². The van der Waals surface area contributed by atoms with E-state index in [0.29, 0.717) is 0 Å². The van der Waals surface area contributed by atoms with Gasteiger partial charge in [-0.05, 0) is 25.3 Å². The van der Waals surface area contributed by atoms with Gasteiger partial charge >= 0.3 is 0 Å². The molecule has 180 valence electrons. The Morgan fingerprint density at radius 2 is 1.10 bits per heavy atom. The van der Waals surface area contributed by atoms with Crippen LogP contribution in [-0.2, 0) is 6.54 Å². The molecule has 0 aliphatic heterocycles.